The van der Waals surface area contributed by atoms with Gasteiger partial charge < -0.3 is 14.9 Å². The summed E-state index contributed by atoms with van der Waals surface area (Å²) in [6.07, 6.45) is 1.08. The van der Waals surface area contributed by atoms with Crippen LogP contribution in [-0.2, 0) is 4.79 Å². The number of hydrogen-bond acceptors (Lipinski definition) is 5. The highest BCUT2D eigenvalue weighted by atomic mass is 16.6. The highest BCUT2D eigenvalue weighted by molar-refractivity contribution is 5.97. The fourth-order valence-corrected chi connectivity index (χ4v) is 3.73. The molecule has 1 aliphatic heterocycles. The van der Waals surface area contributed by atoms with Crippen LogP contribution in [0.1, 0.15) is 44.5 Å². The van der Waals surface area contributed by atoms with Crippen LogP contribution in [-0.4, -0.2) is 52.5 Å². The molecule has 1 aliphatic rings. The lowest BCUT2D eigenvalue weighted by molar-refractivity contribution is -0.384. The lowest BCUT2D eigenvalue weighted by Crippen LogP contribution is -2.41. The third-order valence-electron chi connectivity index (χ3n) is 4.82. The number of benzene rings is 1. The number of rotatable bonds is 6. The van der Waals surface area contributed by atoms with Gasteiger partial charge in [0.05, 0.1) is 4.92 Å². The number of nitro benzene ring substituents is 1. The lowest BCUT2D eigenvalue weighted by atomic mass is 9.91. The van der Waals surface area contributed by atoms with Crippen LogP contribution in [0.4, 0.5) is 11.4 Å². The average Bonchev–Trinajstić information content (AvgIpc) is 2.57. The molecule has 1 amide bonds. The van der Waals surface area contributed by atoms with Gasteiger partial charge in [0.25, 0.3) is 11.6 Å². The minimum atomic E-state index is -1.13. The number of nitro groups is 1. The maximum atomic E-state index is 12.7. The van der Waals surface area contributed by atoms with Gasteiger partial charge in [0.2, 0.25) is 0 Å². The monoisotopic (exact) mass is 377 g/mol. The average molecular weight is 377 g/mol. The minimum Gasteiger partial charge on any atom is -0.480 e. The summed E-state index contributed by atoms with van der Waals surface area (Å²) in [5.74, 6) is -0.787. The van der Waals surface area contributed by atoms with Gasteiger partial charge in [-0.25, -0.2) is 0 Å². The van der Waals surface area contributed by atoms with Crippen LogP contribution in [0.2, 0.25) is 0 Å². The number of piperidine rings is 1. The molecular formula is C19H27N3O5. The van der Waals surface area contributed by atoms with Gasteiger partial charge in [-0.3, -0.25) is 19.7 Å². The summed E-state index contributed by atoms with van der Waals surface area (Å²) in [6.45, 7) is 8.68. The van der Waals surface area contributed by atoms with E-state index in [0.717, 1.165) is 19.5 Å². The van der Waals surface area contributed by atoms with Crippen molar-refractivity contribution < 1.29 is 19.6 Å². The molecule has 1 heterocycles. The van der Waals surface area contributed by atoms with Crippen molar-refractivity contribution in [3.8, 4) is 0 Å². The van der Waals surface area contributed by atoms with E-state index >= 15 is 0 Å². The lowest BCUT2D eigenvalue weighted by Gasteiger charge is -2.36. The number of carboxylic acid groups (broad SMARTS) is 1. The van der Waals surface area contributed by atoms with Crippen molar-refractivity contribution in [2.24, 2.45) is 11.8 Å². The van der Waals surface area contributed by atoms with Crippen LogP contribution in [0, 0.1) is 22.0 Å². The first kappa shape index (κ1) is 20.7. The van der Waals surface area contributed by atoms with Crippen LogP contribution >= 0.6 is 0 Å². The van der Waals surface area contributed by atoms with E-state index in [1.165, 1.54) is 11.0 Å². The Morgan fingerprint density at radius 3 is 2.37 bits per heavy atom. The molecule has 27 heavy (non-hydrogen) atoms. The maximum Gasteiger partial charge on any atom is 0.323 e. The van der Waals surface area contributed by atoms with E-state index in [1.54, 1.807) is 26.0 Å². The Hall–Kier alpha value is -2.64. The molecule has 0 aliphatic carbocycles. The topological polar surface area (TPSA) is 104 Å². The maximum absolute atomic E-state index is 12.7. The number of nitrogens with zero attached hydrogens (tertiary/aromatic N) is 3. The van der Waals surface area contributed by atoms with Gasteiger partial charge in [0.15, 0.2) is 0 Å². The van der Waals surface area contributed by atoms with Gasteiger partial charge in [-0.1, -0.05) is 13.8 Å². The van der Waals surface area contributed by atoms with Crippen molar-refractivity contribution in [1.82, 2.24) is 4.90 Å². The molecule has 8 nitrogen and oxygen atoms in total. The van der Waals surface area contributed by atoms with Crippen LogP contribution < -0.4 is 4.90 Å². The Bertz CT molecular complexity index is 724. The second-order valence-electron chi connectivity index (χ2n) is 7.73. The Morgan fingerprint density at radius 1 is 1.30 bits per heavy atom. The first-order valence-electron chi connectivity index (χ1n) is 9.16. The summed E-state index contributed by atoms with van der Waals surface area (Å²) in [4.78, 5) is 38.1. The van der Waals surface area contributed by atoms with Gasteiger partial charge in [0.1, 0.15) is 12.2 Å². The second kappa shape index (κ2) is 8.37. The molecule has 0 spiro atoms. The molecule has 1 fully saturated rings. The largest absolute Gasteiger partial charge is 0.480 e. The molecule has 0 bridgehead atoms. The smallest absolute Gasteiger partial charge is 0.323 e. The highest BCUT2D eigenvalue weighted by Gasteiger charge is 2.29. The molecule has 1 aromatic carbocycles. The molecule has 2 atom stereocenters. The van der Waals surface area contributed by atoms with Gasteiger partial charge >= 0.3 is 5.97 Å². The van der Waals surface area contributed by atoms with E-state index in [9.17, 15) is 19.7 Å². The molecule has 0 radical (unpaired) electrons. The third-order valence-corrected chi connectivity index (χ3v) is 4.82. The van der Waals surface area contributed by atoms with Crippen molar-refractivity contribution in [1.29, 1.82) is 0 Å². The number of carbonyl (C=O) groups is 2. The van der Waals surface area contributed by atoms with Crippen molar-refractivity contribution in [2.75, 3.05) is 24.5 Å². The molecule has 8 heteroatoms. The first-order chi connectivity index (χ1) is 12.6. The Balaban J connectivity index is 2.38. The number of amides is 1. The van der Waals surface area contributed by atoms with Gasteiger partial charge in [-0.05, 0) is 44.2 Å². The molecule has 1 saturated heterocycles. The predicted octanol–water partition coefficient (Wildman–Crippen LogP) is 3.01. The summed E-state index contributed by atoms with van der Waals surface area (Å²) < 4.78 is 0. The van der Waals surface area contributed by atoms with Crippen molar-refractivity contribution in [2.45, 2.75) is 40.2 Å². The van der Waals surface area contributed by atoms with Crippen molar-refractivity contribution >= 4 is 23.3 Å². The molecule has 1 N–H and O–H groups in total. The fourth-order valence-electron chi connectivity index (χ4n) is 3.73. The van der Waals surface area contributed by atoms with Crippen LogP contribution in [0.3, 0.4) is 0 Å². The fraction of sp³-hybridized carbons (Fsp3) is 0.579. The normalized spacial score (nSPS) is 19.8. The van der Waals surface area contributed by atoms with Crippen molar-refractivity contribution in [3.05, 3.63) is 33.9 Å². The van der Waals surface area contributed by atoms with Gasteiger partial charge in [0, 0.05) is 30.8 Å². The van der Waals surface area contributed by atoms with E-state index in [1.807, 2.05) is 4.90 Å². The summed E-state index contributed by atoms with van der Waals surface area (Å²) in [7, 11) is 0. The third kappa shape index (κ3) is 4.96. The minimum absolute atomic E-state index is 0.124. The predicted molar refractivity (Wildman–Crippen MR) is 102 cm³/mol. The highest BCUT2D eigenvalue weighted by Crippen LogP contribution is 2.34. The van der Waals surface area contributed by atoms with Crippen LogP contribution in [0.5, 0.6) is 0 Å². The zero-order valence-electron chi connectivity index (χ0n) is 16.2. The van der Waals surface area contributed by atoms with Gasteiger partial charge in [-0.2, -0.15) is 0 Å². The molecule has 2 unspecified atom stereocenters. The van der Waals surface area contributed by atoms with E-state index in [0.29, 0.717) is 17.5 Å². The molecule has 0 saturated carbocycles. The van der Waals surface area contributed by atoms with Crippen LogP contribution in [0.15, 0.2) is 18.2 Å². The summed E-state index contributed by atoms with van der Waals surface area (Å²) in [5, 5.41) is 20.7. The number of carbonyl (C=O) groups excluding carboxylic acids is 1. The standard InChI is InChI=1S/C19H27N3O5/c1-12(2)21(11-18(23)24)19(25)15-5-6-16(17(8-15)22(26)27)20-9-13(3)7-14(4)10-20/h5-6,8,12-14H,7,9-11H2,1-4H3,(H,23,24). The first-order valence-corrected chi connectivity index (χ1v) is 9.16. The number of hydrogen-bond donors (Lipinski definition) is 1. The number of carboxylic acids is 1. The molecule has 148 valence electrons. The quantitative estimate of drug-likeness (QED) is 0.604. The molecule has 1 aromatic rings. The number of anilines is 1. The van der Waals surface area contributed by atoms with E-state index < -0.39 is 23.3 Å². The van der Waals surface area contributed by atoms with E-state index in [4.69, 9.17) is 5.11 Å². The summed E-state index contributed by atoms with van der Waals surface area (Å²) in [5.41, 5.74) is 0.504. The zero-order chi connectivity index (χ0) is 20.3. The molecular weight excluding hydrogens is 350 g/mol. The molecule has 2 rings (SSSR count). The Kier molecular flexibility index (Phi) is 6.41. The summed E-state index contributed by atoms with van der Waals surface area (Å²) >= 11 is 0. The van der Waals surface area contributed by atoms with Crippen LogP contribution in [0.25, 0.3) is 0 Å². The van der Waals surface area contributed by atoms with E-state index in [-0.39, 0.29) is 17.3 Å². The molecule has 0 aromatic heterocycles. The SMILES string of the molecule is CC1CC(C)CN(c2ccc(C(=O)N(CC(=O)O)C(C)C)cc2[N+](=O)[O-])C1. The van der Waals surface area contributed by atoms with Crippen molar-refractivity contribution in [3.63, 3.8) is 0 Å². The van der Waals surface area contributed by atoms with E-state index in [2.05, 4.69) is 13.8 Å². The van der Waals surface area contributed by atoms with Gasteiger partial charge in [-0.15, -0.1) is 0 Å². The Labute approximate surface area is 158 Å². The summed E-state index contributed by atoms with van der Waals surface area (Å²) in [6, 6.07) is 4.08. The zero-order valence-corrected chi connectivity index (χ0v) is 16.2. The number of aliphatic carboxylic acids is 1. The Morgan fingerprint density at radius 2 is 1.89 bits per heavy atom. The second-order valence-corrected chi connectivity index (χ2v) is 7.73.